The van der Waals surface area contributed by atoms with E-state index in [4.69, 9.17) is 66.3 Å². The molecule has 0 radical (unpaired) electrons. The van der Waals surface area contributed by atoms with E-state index < -0.39 is 258 Å². The van der Waals surface area contributed by atoms with Crippen LogP contribution < -0.4 is 0 Å². The highest BCUT2D eigenvalue weighted by atomic mass is 16.8. The van der Waals surface area contributed by atoms with Gasteiger partial charge in [-0.1, -0.05) is 60.1 Å². The highest BCUT2D eigenvalue weighted by molar-refractivity contribution is 5.79. The van der Waals surface area contributed by atoms with Crippen LogP contribution in [0, 0.1) is 50.2 Å². The molecule has 11 fully saturated rings. The van der Waals surface area contributed by atoms with Crippen LogP contribution in [0.3, 0.4) is 0 Å². The van der Waals surface area contributed by atoms with Gasteiger partial charge >= 0.3 is 5.97 Å². The minimum Gasteiger partial charge on any atom is -0.432 e. The van der Waals surface area contributed by atoms with Crippen LogP contribution in [0.25, 0.3) is 0 Å². The van der Waals surface area contributed by atoms with E-state index in [9.17, 15) is 97.0 Å². The predicted molar refractivity (Wildman–Crippen MR) is 341 cm³/mol. The van der Waals surface area contributed by atoms with Crippen LogP contribution in [0.2, 0.25) is 0 Å². The molecule has 19 N–H and O–H groups in total. The van der Waals surface area contributed by atoms with Gasteiger partial charge in [-0.05, 0) is 116 Å². The molecule has 40 atom stereocenters. The minimum absolute atomic E-state index is 0.0728. The van der Waals surface area contributed by atoms with Crippen LogP contribution in [0.4, 0.5) is 0 Å². The average Bonchev–Trinajstić information content (AvgIpc) is 0.675. The monoisotopic (exact) mass is 1480 g/mol. The highest BCUT2D eigenvalue weighted by Gasteiger charge is 2.71. The highest BCUT2D eigenvalue weighted by Crippen LogP contribution is 2.76. The molecular weight excluding hydrogens is 1370 g/mol. The zero-order valence-electron chi connectivity index (χ0n) is 59.3. The number of hydrogen-bond donors (Lipinski definition) is 19. The smallest absolute Gasteiger partial charge is 0.315 e. The normalized spacial score (nSPS) is 54.3. The number of ether oxygens (including phenoxy) is 14. The van der Waals surface area contributed by atoms with E-state index in [1.807, 2.05) is 0 Å². The molecule has 0 amide bonds. The fourth-order valence-corrected chi connectivity index (χ4v) is 19.9. The quantitative estimate of drug-likeness (QED) is 0.0367. The zero-order valence-corrected chi connectivity index (χ0v) is 59.3. The van der Waals surface area contributed by atoms with E-state index in [1.165, 1.54) is 12.5 Å². The molecule has 0 aromatic heterocycles. The van der Waals surface area contributed by atoms with Crippen molar-refractivity contribution in [2.24, 2.45) is 50.2 Å². The van der Waals surface area contributed by atoms with Crippen molar-refractivity contribution < 1.29 is 168 Å². The molecule has 12 rings (SSSR count). The maximum absolute atomic E-state index is 15.2. The van der Waals surface area contributed by atoms with Gasteiger partial charge in [-0.25, -0.2) is 0 Å². The minimum atomic E-state index is -1.98. The van der Waals surface area contributed by atoms with E-state index in [0.29, 0.717) is 44.9 Å². The van der Waals surface area contributed by atoms with Gasteiger partial charge in [0.05, 0.1) is 57.3 Å². The first-order valence-electron chi connectivity index (χ1n) is 36.4. The van der Waals surface area contributed by atoms with Crippen molar-refractivity contribution in [2.75, 3.05) is 39.6 Å². The fraction of sp³-hybridized carbons (Fsp3) is 0.957. The van der Waals surface area contributed by atoms with E-state index in [-0.39, 0.29) is 40.6 Å². The zero-order chi connectivity index (χ0) is 74.9. The van der Waals surface area contributed by atoms with Crippen LogP contribution in [0.1, 0.15) is 120 Å². The molecule has 7 saturated heterocycles. The van der Waals surface area contributed by atoms with Crippen LogP contribution >= 0.6 is 0 Å². The lowest BCUT2D eigenvalue weighted by Gasteiger charge is -2.71. The second kappa shape index (κ2) is 30.5. The number of esters is 1. The number of carbonyl (C=O) groups excluding carboxylic acids is 1. The summed E-state index contributed by atoms with van der Waals surface area (Å²) in [6.45, 7) is 13.7. The molecule has 0 aromatic rings. The average molecular weight is 1490 g/mol. The number of hydrogen-bond acceptors (Lipinski definition) is 34. The predicted octanol–water partition coefficient (Wildman–Crippen LogP) is -5.62. The van der Waals surface area contributed by atoms with E-state index >= 15 is 4.79 Å². The van der Waals surface area contributed by atoms with Crippen LogP contribution in [0.15, 0.2) is 11.6 Å². The third-order valence-electron chi connectivity index (χ3n) is 26.5. The molecule has 592 valence electrons. The van der Waals surface area contributed by atoms with Gasteiger partial charge in [-0.15, -0.1) is 0 Å². The summed E-state index contributed by atoms with van der Waals surface area (Å²) in [6, 6.07) is 0. The van der Waals surface area contributed by atoms with Crippen LogP contribution in [0.5, 0.6) is 0 Å². The Kier molecular flexibility index (Phi) is 23.9. The summed E-state index contributed by atoms with van der Waals surface area (Å²) < 4.78 is 82.8. The Balaban J connectivity index is 0.689. The van der Waals surface area contributed by atoms with Crippen molar-refractivity contribution in [2.45, 2.75) is 322 Å². The Labute approximate surface area is 596 Å². The van der Waals surface area contributed by atoms with Gasteiger partial charge in [0.25, 0.3) is 0 Å². The fourth-order valence-electron chi connectivity index (χ4n) is 19.9. The van der Waals surface area contributed by atoms with Crippen molar-refractivity contribution in [1.82, 2.24) is 0 Å². The van der Waals surface area contributed by atoms with E-state index in [1.54, 1.807) is 0 Å². The van der Waals surface area contributed by atoms with Crippen molar-refractivity contribution >= 4 is 5.97 Å². The summed E-state index contributed by atoms with van der Waals surface area (Å²) in [5.41, 5.74) is -1.51. The second-order valence-electron chi connectivity index (χ2n) is 33.4. The Hall–Kier alpha value is -2.07. The molecule has 5 aliphatic carbocycles. The molecule has 0 aromatic carbocycles. The number of rotatable bonds is 17. The summed E-state index contributed by atoms with van der Waals surface area (Å²) in [6.07, 6.45) is -44.8. The first kappa shape index (κ1) is 80.4. The summed E-state index contributed by atoms with van der Waals surface area (Å²) in [5, 5.41) is 206. The van der Waals surface area contributed by atoms with Gasteiger partial charge in [-0.2, -0.15) is 0 Å². The van der Waals surface area contributed by atoms with E-state index in [0.717, 1.165) is 19.3 Å². The Morgan fingerprint density at radius 1 is 0.466 bits per heavy atom. The molecule has 7 aliphatic heterocycles. The Morgan fingerprint density at radius 2 is 1.02 bits per heavy atom. The molecule has 0 spiro atoms. The molecule has 7 heterocycles. The number of allylic oxidation sites excluding steroid dienone is 2. The Morgan fingerprint density at radius 3 is 1.70 bits per heavy atom. The lowest BCUT2D eigenvalue weighted by molar-refractivity contribution is -0.385. The standard InChI is InChI=1S/C69H112O34/c1-26-38(74)54(101-58-48(84)43(79)34(25-93-58)97-59-51(87)46(82)53(32(21-71)96-59)100-57-47(83)39(75)29(72)22-90-57)52(88)61(94-26)102-55-40(76)30(73)23-91-62(55)99-37-12-13-66(6)35(65(37,4)5)11-14-68(8)36(66)10-9-27-28-19-64(2,3)15-17-69(28,18-16-67(27,68)7)63(89)103-60-50(86)45(81)42(78)33(98-60)24-92-56-49(85)44(80)41(77)31(20-70)95-56/h9,26,28-62,70-88H,10-25H2,1-8H3/t26-,28+,29+,30-,31+,32+,33+,34+,35+,36+,37-,38-,39-,40-,41+,42+,43-,44-,45-,46+,47+,48+,49+,50+,51+,52+,53+,54+,55+,56+,57-,58-,59-,60-,61-,62-,66-,67+,68+,69-/m0/s1. The first-order chi connectivity index (χ1) is 48.4. The molecule has 12 aliphatic rings. The van der Waals surface area contributed by atoms with Gasteiger partial charge in [-0.3, -0.25) is 4.79 Å². The van der Waals surface area contributed by atoms with Gasteiger partial charge < -0.3 is 163 Å². The summed E-state index contributed by atoms with van der Waals surface area (Å²) >= 11 is 0. The topological polar surface area (TPSA) is 531 Å². The summed E-state index contributed by atoms with van der Waals surface area (Å²) in [7, 11) is 0. The van der Waals surface area contributed by atoms with Gasteiger partial charge in [0.2, 0.25) is 6.29 Å². The van der Waals surface area contributed by atoms with Crippen LogP contribution in [-0.2, 0) is 71.1 Å². The maximum atomic E-state index is 15.2. The molecule has 0 unspecified atom stereocenters. The summed E-state index contributed by atoms with van der Waals surface area (Å²) in [4.78, 5) is 15.2. The molecule has 0 bridgehead atoms. The number of aliphatic hydroxyl groups excluding tert-OH is 19. The molecule has 34 heteroatoms. The van der Waals surface area contributed by atoms with Crippen molar-refractivity contribution in [3.8, 4) is 0 Å². The molecule has 34 nitrogen and oxygen atoms in total. The van der Waals surface area contributed by atoms with Gasteiger partial charge in [0.1, 0.15) is 146 Å². The van der Waals surface area contributed by atoms with Gasteiger partial charge in [0, 0.05) is 0 Å². The molecule has 103 heavy (non-hydrogen) atoms. The van der Waals surface area contributed by atoms with Crippen molar-refractivity contribution in [1.29, 1.82) is 0 Å². The van der Waals surface area contributed by atoms with Gasteiger partial charge in [0.15, 0.2) is 37.7 Å². The lowest BCUT2D eigenvalue weighted by atomic mass is 9.33. The number of carbonyl (C=O) groups is 1. The third kappa shape index (κ3) is 14.3. The third-order valence-corrected chi connectivity index (χ3v) is 26.5. The lowest BCUT2D eigenvalue weighted by Crippen LogP contribution is -2.66. The second-order valence-corrected chi connectivity index (χ2v) is 33.4. The SMILES string of the molecule is C[C@@H]1O[C@@H](O[C@H]2[C@H](O[C@H]3CC[C@@]4(C)[C@H](CC[C@]5(C)[C@@H]4CC=C4[C@H]6CC(C)(C)CC[C@]6(C(=O)O[C@@H]6O[C@H](CO[C@@H]7O[C@H](CO)[C@@H](O)[C@H](O)[C@H]7O)[C@@H](O)[C@H](O)[C@H]6O)CC[C@]45C)C3(C)C)OC[C@H](O)[C@@H]2O)[C@H](O)[C@H](O[C@@H]2OC[C@@H](O[C@@H]3O[C@H](CO)[C@@H](O[C@@H]4OC[C@@H](O)[C@H](O)[C@H]4O)[C@H](O)[C@H]3O)[C@H](O)[C@H]2O)[C@H]1O. The first-order valence-corrected chi connectivity index (χ1v) is 36.4. The summed E-state index contributed by atoms with van der Waals surface area (Å²) in [5.74, 6) is -0.653. The largest absolute Gasteiger partial charge is 0.432 e. The molecular formula is C69H112O34. The number of fused-ring (bicyclic) bond motifs is 7. The Bertz CT molecular complexity index is 2910. The molecule has 4 saturated carbocycles. The van der Waals surface area contributed by atoms with Crippen LogP contribution in [-0.4, -0.2) is 345 Å². The van der Waals surface area contributed by atoms with Crippen molar-refractivity contribution in [3.63, 3.8) is 0 Å². The number of aliphatic hydroxyl groups is 19. The maximum Gasteiger partial charge on any atom is 0.315 e. The van der Waals surface area contributed by atoms with E-state index in [2.05, 4.69) is 54.5 Å². The van der Waals surface area contributed by atoms with Crippen molar-refractivity contribution in [3.05, 3.63) is 11.6 Å².